The number of carbonyl (C=O) groups excluding carboxylic acids is 1. The molecule has 0 radical (unpaired) electrons. The Hall–Kier alpha value is -1.34. The Morgan fingerprint density at radius 2 is 2.05 bits per heavy atom. The molecule has 0 aromatic carbocycles. The van der Waals surface area contributed by atoms with Crippen LogP contribution in [0, 0.1) is 0 Å². The highest BCUT2D eigenvalue weighted by atomic mass is 16.5. The third kappa shape index (κ3) is 3.85. The summed E-state index contributed by atoms with van der Waals surface area (Å²) >= 11 is 0. The van der Waals surface area contributed by atoms with E-state index in [1.54, 1.807) is 4.90 Å². The third-order valence-electron chi connectivity index (χ3n) is 4.22. The fourth-order valence-electron chi connectivity index (χ4n) is 2.79. The fraction of sp³-hybridized carbons (Fsp3) is 0.857. The molecule has 1 atom stereocenters. The van der Waals surface area contributed by atoms with E-state index in [2.05, 4.69) is 5.32 Å². The van der Waals surface area contributed by atoms with Crippen LogP contribution in [-0.2, 0) is 14.3 Å². The third-order valence-corrected chi connectivity index (χ3v) is 4.22. The minimum Gasteiger partial charge on any atom is -0.480 e. The summed E-state index contributed by atoms with van der Waals surface area (Å²) in [5.74, 6) is -0.993. The summed E-state index contributed by atoms with van der Waals surface area (Å²) < 4.78 is 10.7. The number of urea groups is 1. The van der Waals surface area contributed by atoms with Crippen LogP contribution >= 0.6 is 0 Å². The van der Waals surface area contributed by atoms with Gasteiger partial charge in [-0.2, -0.15) is 0 Å². The van der Waals surface area contributed by atoms with Gasteiger partial charge in [0.15, 0.2) is 0 Å². The summed E-state index contributed by atoms with van der Waals surface area (Å²) in [6.45, 7) is 4.35. The molecule has 2 fully saturated rings. The van der Waals surface area contributed by atoms with E-state index in [-0.39, 0.29) is 12.1 Å². The summed E-state index contributed by atoms with van der Waals surface area (Å²) in [6, 6.07) is -0.336. The molecule has 120 valence electrons. The highest BCUT2D eigenvalue weighted by Gasteiger charge is 2.42. The van der Waals surface area contributed by atoms with Crippen molar-refractivity contribution in [2.75, 3.05) is 32.9 Å². The molecule has 2 aliphatic heterocycles. The maximum Gasteiger partial charge on any atom is 0.329 e. The van der Waals surface area contributed by atoms with Gasteiger partial charge in [-0.3, -0.25) is 0 Å². The lowest BCUT2D eigenvalue weighted by Crippen LogP contribution is -2.60. The van der Waals surface area contributed by atoms with Gasteiger partial charge in [0.25, 0.3) is 0 Å². The van der Waals surface area contributed by atoms with Crippen LogP contribution in [0.1, 0.15) is 32.6 Å². The van der Waals surface area contributed by atoms with Crippen LogP contribution in [0.4, 0.5) is 4.79 Å². The second kappa shape index (κ2) is 7.09. The van der Waals surface area contributed by atoms with Crippen molar-refractivity contribution in [3.05, 3.63) is 0 Å². The molecule has 1 unspecified atom stereocenters. The molecule has 2 N–H and O–H groups in total. The molecule has 0 saturated carbocycles. The quantitative estimate of drug-likeness (QED) is 0.785. The van der Waals surface area contributed by atoms with Crippen LogP contribution in [0.25, 0.3) is 0 Å². The Morgan fingerprint density at radius 1 is 1.33 bits per heavy atom. The van der Waals surface area contributed by atoms with E-state index in [0.717, 1.165) is 19.4 Å². The Morgan fingerprint density at radius 3 is 2.57 bits per heavy atom. The largest absolute Gasteiger partial charge is 0.480 e. The van der Waals surface area contributed by atoms with Gasteiger partial charge in [-0.1, -0.05) is 0 Å². The van der Waals surface area contributed by atoms with Gasteiger partial charge >= 0.3 is 12.0 Å². The zero-order valence-corrected chi connectivity index (χ0v) is 12.5. The topological polar surface area (TPSA) is 88.1 Å². The Balaban J connectivity index is 1.97. The molecule has 0 spiro atoms. The van der Waals surface area contributed by atoms with Crippen molar-refractivity contribution >= 4 is 12.0 Å². The lowest BCUT2D eigenvalue weighted by atomic mass is 9.90. The predicted molar refractivity (Wildman–Crippen MR) is 75.2 cm³/mol. The number of carboxylic acids is 1. The van der Waals surface area contributed by atoms with Crippen molar-refractivity contribution < 1.29 is 24.2 Å². The molecular formula is C14H24N2O5. The first-order valence-electron chi connectivity index (χ1n) is 7.57. The van der Waals surface area contributed by atoms with E-state index < -0.39 is 11.5 Å². The summed E-state index contributed by atoms with van der Waals surface area (Å²) in [5.41, 5.74) is -1.21. The average molecular weight is 300 g/mol. The number of ether oxygens (including phenoxy) is 2. The summed E-state index contributed by atoms with van der Waals surface area (Å²) in [5, 5.41) is 12.2. The fourth-order valence-corrected chi connectivity index (χ4v) is 2.79. The molecule has 7 nitrogen and oxygen atoms in total. The number of amides is 2. The zero-order valence-electron chi connectivity index (χ0n) is 12.5. The lowest BCUT2D eigenvalue weighted by Gasteiger charge is -2.36. The molecular weight excluding hydrogens is 276 g/mol. The number of rotatable bonds is 5. The number of nitrogens with zero attached hydrogens (tertiary/aromatic N) is 1. The van der Waals surface area contributed by atoms with Crippen molar-refractivity contribution in [3.63, 3.8) is 0 Å². The summed E-state index contributed by atoms with van der Waals surface area (Å²) in [4.78, 5) is 25.6. The smallest absolute Gasteiger partial charge is 0.329 e. The van der Waals surface area contributed by atoms with Crippen molar-refractivity contribution in [2.45, 2.75) is 44.2 Å². The molecule has 0 aromatic heterocycles. The Labute approximate surface area is 124 Å². The zero-order chi connectivity index (χ0) is 15.3. The van der Waals surface area contributed by atoms with Gasteiger partial charge in [-0.15, -0.1) is 0 Å². The molecule has 0 aliphatic carbocycles. The number of likely N-dealkylation sites (N-methyl/N-ethyl adjacent to an activating group) is 1. The van der Waals surface area contributed by atoms with Crippen LogP contribution in [-0.4, -0.2) is 66.6 Å². The molecule has 2 saturated heterocycles. The van der Waals surface area contributed by atoms with Crippen molar-refractivity contribution in [1.29, 1.82) is 0 Å². The monoisotopic (exact) mass is 300 g/mol. The van der Waals surface area contributed by atoms with Gasteiger partial charge in [-0.25, -0.2) is 9.59 Å². The number of nitrogens with one attached hydrogen (secondary N) is 1. The number of hydrogen-bond acceptors (Lipinski definition) is 4. The highest BCUT2D eigenvalue weighted by molar-refractivity contribution is 5.86. The van der Waals surface area contributed by atoms with Gasteiger partial charge in [0.1, 0.15) is 5.54 Å². The first-order chi connectivity index (χ1) is 10.1. The van der Waals surface area contributed by atoms with Crippen LogP contribution in [0.2, 0.25) is 0 Å². The number of hydrogen-bond donors (Lipinski definition) is 2. The van der Waals surface area contributed by atoms with E-state index >= 15 is 0 Å². The molecule has 7 heteroatoms. The normalized spacial score (nSPS) is 24.5. The maximum absolute atomic E-state index is 12.4. The highest BCUT2D eigenvalue weighted by Crippen LogP contribution is 2.22. The van der Waals surface area contributed by atoms with E-state index in [0.29, 0.717) is 39.1 Å². The molecule has 2 amide bonds. The minimum atomic E-state index is -1.21. The van der Waals surface area contributed by atoms with Gasteiger partial charge in [0.05, 0.1) is 6.10 Å². The molecule has 0 bridgehead atoms. The minimum absolute atomic E-state index is 0.0613. The Kier molecular flexibility index (Phi) is 5.41. The van der Waals surface area contributed by atoms with E-state index in [9.17, 15) is 14.7 Å². The van der Waals surface area contributed by atoms with Crippen molar-refractivity contribution in [2.24, 2.45) is 0 Å². The number of aliphatic carboxylic acids is 1. The van der Waals surface area contributed by atoms with E-state index in [4.69, 9.17) is 9.47 Å². The molecule has 2 aliphatic rings. The van der Waals surface area contributed by atoms with Gasteiger partial charge in [0, 0.05) is 45.8 Å². The molecule has 21 heavy (non-hydrogen) atoms. The lowest BCUT2D eigenvalue weighted by molar-refractivity contribution is -0.148. The van der Waals surface area contributed by atoms with Crippen LogP contribution in [0.15, 0.2) is 0 Å². The van der Waals surface area contributed by atoms with Crippen molar-refractivity contribution in [1.82, 2.24) is 10.2 Å². The second-order valence-electron chi connectivity index (χ2n) is 5.60. The molecule has 0 aromatic rings. The molecule has 2 rings (SSSR count). The van der Waals surface area contributed by atoms with Crippen LogP contribution in [0.5, 0.6) is 0 Å². The standard InChI is InChI=1S/C14H24N2O5/c1-2-16(10-11-4-3-7-21-11)13(19)15-14(12(17)18)5-8-20-9-6-14/h11H,2-10H2,1H3,(H,15,19)(H,17,18). The van der Waals surface area contributed by atoms with Gasteiger partial charge < -0.3 is 24.8 Å². The van der Waals surface area contributed by atoms with Gasteiger partial charge in [0.2, 0.25) is 0 Å². The van der Waals surface area contributed by atoms with Crippen LogP contribution < -0.4 is 5.32 Å². The Bertz CT molecular complexity index is 376. The van der Waals surface area contributed by atoms with Crippen LogP contribution in [0.3, 0.4) is 0 Å². The summed E-state index contributed by atoms with van der Waals surface area (Å²) in [6.07, 6.45) is 2.62. The molecule has 2 heterocycles. The second-order valence-corrected chi connectivity index (χ2v) is 5.60. The summed E-state index contributed by atoms with van der Waals surface area (Å²) in [7, 11) is 0. The van der Waals surface area contributed by atoms with Crippen molar-refractivity contribution in [3.8, 4) is 0 Å². The van der Waals surface area contributed by atoms with E-state index in [1.807, 2.05) is 6.92 Å². The number of carboxylic acid groups (broad SMARTS) is 1. The first-order valence-corrected chi connectivity index (χ1v) is 7.57. The maximum atomic E-state index is 12.4. The number of carbonyl (C=O) groups is 2. The predicted octanol–water partition coefficient (Wildman–Crippen LogP) is 0.831. The average Bonchev–Trinajstić information content (AvgIpc) is 2.98. The first kappa shape index (κ1) is 16.0. The SMILES string of the molecule is CCN(CC1CCCO1)C(=O)NC1(C(=O)O)CCOCC1. The van der Waals surface area contributed by atoms with E-state index in [1.165, 1.54) is 0 Å². The van der Waals surface area contributed by atoms with Gasteiger partial charge in [-0.05, 0) is 19.8 Å².